The summed E-state index contributed by atoms with van der Waals surface area (Å²) in [5, 5.41) is 12.9. The normalized spacial score (nSPS) is 18.1. The molecule has 1 aromatic carbocycles. The van der Waals surface area contributed by atoms with Crippen molar-refractivity contribution in [1.82, 2.24) is 10.2 Å². The van der Waals surface area contributed by atoms with Gasteiger partial charge < -0.3 is 10.4 Å². The standard InChI is InChI=1S/C14H21FN2O/c1-11(17-6-2-3-7-17)9-16-10-12-8-13(15)4-5-14(12)18/h4-5,8,11,16,18H,2-3,6-7,9-10H2,1H3. The Bertz CT molecular complexity index is 391. The third kappa shape index (κ3) is 3.43. The highest BCUT2D eigenvalue weighted by Crippen LogP contribution is 2.17. The van der Waals surface area contributed by atoms with Gasteiger partial charge >= 0.3 is 0 Å². The molecule has 1 fully saturated rings. The zero-order chi connectivity index (χ0) is 13.0. The van der Waals surface area contributed by atoms with E-state index in [0.717, 1.165) is 6.54 Å². The molecule has 0 aromatic heterocycles. The summed E-state index contributed by atoms with van der Waals surface area (Å²) >= 11 is 0. The van der Waals surface area contributed by atoms with Gasteiger partial charge in [0.2, 0.25) is 0 Å². The second kappa shape index (κ2) is 6.16. The lowest BCUT2D eigenvalue weighted by Crippen LogP contribution is -2.38. The van der Waals surface area contributed by atoms with Crippen molar-refractivity contribution < 1.29 is 9.50 Å². The molecule has 1 aliphatic heterocycles. The maximum absolute atomic E-state index is 13.0. The van der Waals surface area contributed by atoms with Crippen LogP contribution in [0, 0.1) is 5.82 Å². The zero-order valence-electron chi connectivity index (χ0n) is 10.8. The highest BCUT2D eigenvalue weighted by atomic mass is 19.1. The van der Waals surface area contributed by atoms with Gasteiger partial charge in [-0.2, -0.15) is 0 Å². The van der Waals surface area contributed by atoms with Crippen LogP contribution in [0.2, 0.25) is 0 Å². The van der Waals surface area contributed by atoms with E-state index in [1.807, 2.05) is 0 Å². The fourth-order valence-corrected chi connectivity index (χ4v) is 2.42. The van der Waals surface area contributed by atoms with Crippen LogP contribution in [-0.4, -0.2) is 35.7 Å². The molecule has 18 heavy (non-hydrogen) atoms. The first-order valence-corrected chi connectivity index (χ1v) is 6.59. The van der Waals surface area contributed by atoms with Gasteiger partial charge in [-0.25, -0.2) is 4.39 Å². The summed E-state index contributed by atoms with van der Waals surface area (Å²) in [7, 11) is 0. The van der Waals surface area contributed by atoms with Gasteiger partial charge in [-0.1, -0.05) is 0 Å². The maximum atomic E-state index is 13.0. The minimum absolute atomic E-state index is 0.151. The number of halogens is 1. The van der Waals surface area contributed by atoms with Crippen LogP contribution in [0.15, 0.2) is 18.2 Å². The molecular formula is C14H21FN2O. The molecule has 0 radical (unpaired) electrons. The van der Waals surface area contributed by atoms with E-state index in [1.54, 1.807) is 0 Å². The Kier molecular flexibility index (Phi) is 4.55. The SMILES string of the molecule is CC(CNCc1cc(F)ccc1O)N1CCCC1. The second-order valence-electron chi connectivity index (χ2n) is 5.00. The van der Waals surface area contributed by atoms with Gasteiger partial charge in [0.25, 0.3) is 0 Å². The maximum Gasteiger partial charge on any atom is 0.123 e. The lowest BCUT2D eigenvalue weighted by atomic mass is 10.2. The first-order valence-electron chi connectivity index (χ1n) is 6.59. The van der Waals surface area contributed by atoms with E-state index >= 15 is 0 Å². The van der Waals surface area contributed by atoms with E-state index in [2.05, 4.69) is 17.1 Å². The molecule has 2 N–H and O–H groups in total. The average Bonchev–Trinajstić information content (AvgIpc) is 2.87. The average molecular weight is 252 g/mol. The fourth-order valence-electron chi connectivity index (χ4n) is 2.42. The molecule has 1 heterocycles. The highest BCUT2D eigenvalue weighted by molar-refractivity contribution is 5.32. The van der Waals surface area contributed by atoms with Crippen LogP contribution in [-0.2, 0) is 6.54 Å². The number of benzene rings is 1. The topological polar surface area (TPSA) is 35.5 Å². The molecule has 100 valence electrons. The molecule has 3 nitrogen and oxygen atoms in total. The number of hydrogen-bond acceptors (Lipinski definition) is 3. The number of nitrogens with one attached hydrogen (secondary N) is 1. The number of nitrogens with zero attached hydrogens (tertiary/aromatic N) is 1. The van der Waals surface area contributed by atoms with Crippen LogP contribution < -0.4 is 5.32 Å². The molecule has 1 aromatic rings. The van der Waals surface area contributed by atoms with E-state index in [4.69, 9.17) is 0 Å². The fraction of sp³-hybridized carbons (Fsp3) is 0.571. The molecule has 1 unspecified atom stereocenters. The number of likely N-dealkylation sites (tertiary alicyclic amines) is 1. The molecule has 1 aliphatic rings. The van der Waals surface area contributed by atoms with Gasteiger partial charge in [-0.05, 0) is 51.1 Å². The Labute approximate surface area is 108 Å². The molecular weight excluding hydrogens is 231 g/mol. The lowest BCUT2D eigenvalue weighted by molar-refractivity contribution is 0.251. The first kappa shape index (κ1) is 13.3. The molecule has 0 saturated carbocycles. The summed E-state index contributed by atoms with van der Waals surface area (Å²) in [6.07, 6.45) is 2.57. The van der Waals surface area contributed by atoms with Gasteiger partial charge in [-0.15, -0.1) is 0 Å². The monoisotopic (exact) mass is 252 g/mol. The minimum Gasteiger partial charge on any atom is -0.508 e. The Hall–Kier alpha value is -1.13. The molecule has 0 bridgehead atoms. The van der Waals surface area contributed by atoms with Crippen LogP contribution in [0.4, 0.5) is 4.39 Å². The summed E-state index contributed by atoms with van der Waals surface area (Å²) in [6.45, 7) is 5.91. The van der Waals surface area contributed by atoms with Gasteiger partial charge in [0.1, 0.15) is 11.6 Å². The number of phenolic OH excluding ortho intramolecular Hbond substituents is 1. The van der Waals surface area contributed by atoms with E-state index in [-0.39, 0.29) is 11.6 Å². The van der Waals surface area contributed by atoms with Crippen molar-refractivity contribution in [2.75, 3.05) is 19.6 Å². The van der Waals surface area contributed by atoms with Crippen molar-refractivity contribution in [2.45, 2.75) is 32.4 Å². The second-order valence-corrected chi connectivity index (χ2v) is 5.00. The molecule has 0 spiro atoms. The number of phenols is 1. The van der Waals surface area contributed by atoms with Gasteiger partial charge in [-0.3, -0.25) is 4.90 Å². The van der Waals surface area contributed by atoms with Crippen LogP contribution in [0.25, 0.3) is 0 Å². The predicted octanol–water partition coefficient (Wildman–Crippen LogP) is 2.11. The third-order valence-corrected chi connectivity index (χ3v) is 3.56. The molecule has 2 rings (SSSR count). The van der Waals surface area contributed by atoms with Crippen molar-refractivity contribution in [3.05, 3.63) is 29.6 Å². The Morgan fingerprint density at radius 2 is 2.11 bits per heavy atom. The summed E-state index contributed by atoms with van der Waals surface area (Å²) in [4.78, 5) is 2.46. The molecule has 4 heteroatoms. The largest absolute Gasteiger partial charge is 0.508 e. The Morgan fingerprint density at radius 1 is 1.39 bits per heavy atom. The van der Waals surface area contributed by atoms with E-state index in [9.17, 15) is 9.50 Å². The molecule has 1 saturated heterocycles. The lowest BCUT2D eigenvalue weighted by Gasteiger charge is -2.24. The summed E-state index contributed by atoms with van der Waals surface area (Å²) in [5.41, 5.74) is 0.614. The van der Waals surface area contributed by atoms with Crippen LogP contribution in [0.1, 0.15) is 25.3 Å². The summed E-state index contributed by atoms with van der Waals surface area (Å²) < 4.78 is 13.0. The van der Waals surface area contributed by atoms with Crippen LogP contribution in [0.5, 0.6) is 5.75 Å². The minimum atomic E-state index is -0.308. The van der Waals surface area contributed by atoms with E-state index < -0.39 is 0 Å². The van der Waals surface area contributed by atoms with E-state index in [0.29, 0.717) is 18.2 Å². The van der Waals surface area contributed by atoms with Crippen molar-refractivity contribution in [3.63, 3.8) is 0 Å². The predicted molar refractivity (Wildman–Crippen MR) is 70.0 cm³/mol. The smallest absolute Gasteiger partial charge is 0.123 e. The molecule has 0 aliphatic carbocycles. The van der Waals surface area contributed by atoms with Crippen molar-refractivity contribution in [2.24, 2.45) is 0 Å². The number of aromatic hydroxyl groups is 1. The molecule has 1 atom stereocenters. The van der Waals surface area contributed by atoms with Gasteiger partial charge in [0.15, 0.2) is 0 Å². The van der Waals surface area contributed by atoms with Crippen molar-refractivity contribution in [1.29, 1.82) is 0 Å². The molecule has 0 amide bonds. The zero-order valence-corrected chi connectivity index (χ0v) is 10.8. The van der Waals surface area contributed by atoms with Gasteiger partial charge in [0.05, 0.1) is 0 Å². The number of rotatable bonds is 5. The van der Waals surface area contributed by atoms with Crippen LogP contribution in [0.3, 0.4) is 0 Å². The quantitative estimate of drug-likeness (QED) is 0.842. The first-order chi connectivity index (χ1) is 8.66. The number of hydrogen-bond donors (Lipinski definition) is 2. The van der Waals surface area contributed by atoms with Crippen LogP contribution >= 0.6 is 0 Å². The van der Waals surface area contributed by atoms with Crippen molar-refractivity contribution >= 4 is 0 Å². The summed E-state index contributed by atoms with van der Waals surface area (Å²) in [6, 6.07) is 4.54. The Balaban J connectivity index is 1.79. The van der Waals surface area contributed by atoms with E-state index in [1.165, 1.54) is 44.1 Å². The Morgan fingerprint density at radius 3 is 2.83 bits per heavy atom. The summed E-state index contributed by atoms with van der Waals surface area (Å²) in [5.74, 6) is -0.157. The third-order valence-electron chi connectivity index (χ3n) is 3.56. The highest BCUT2D eigenvalue weighted by Gasteiger charge is 2.17. The van der Waals surface area contributed by atoms with Crippen molar-refractivity contribution in [3.8, 4) is 5.75 Å². The van der Waals surface area contributed by atoms with Gasteiger partial charge in [0, 0.05) is 24.7 Å².